The summed E-state index contributed by atoms with van der Waals surface area (Å²) in [5, 5.41) is 15.4. The summed E-state index contributed by atoms with van der Waals surface area (Å²) < 4.78 is 6.21. The number of fused-ring (bicyclic) bond motifs is 4. The minimum absolute atomic E-state index is 0.0809. The van der Waals surface area contributed by atoms with E-state index in [0.29, 0.717) is 17.0 Å². The maximum absolute atomic E-state index is 12.6. The van der Waals surface area contributed by atoms with Gasteiger partial charge in [0, 0.05) is 18.2 Å². The lowest BCUT2D eigenvalue weighted by atomic mass is 9.82. The van der Waals surface area contributed by atoms with Crippen LogP contribution in [0.25, 0.3) is 10.1 Å². The van der Waals surface area contributed by atoms with Gasteiger partial charge in [-0.2, -0.15) is 4.37 Å². The Labute approximate surface area is 133 Å². The van der Waals surface area contributed by atoms with Gasteiger partial charge in [0.1, 0.15) is 5.69 Å². The van der Waals surface area contributed by atoms with Crippen molar-refractivity contribution in [1.82, 2.24) is 9.69 Å². The third-order valence-electron chi connectivity index (χ3n) is 5.26. The van der Waals surface area contributed by atoms with Crippen LogP contribution in [0.2, 0.25) is 0 Å². The Morgan fingerprint density at radius 2 is 2.18 bits per heavy atom. The van der Waals surface area contributed by atoms with Crippen molar-refractivity contribution in [2.75, 3.05) is 26.7 Å². The Hall–Kier alpha value is -1.66. The zero-order valence-corrected chi connectivity index (χ0v) is 13.4. The van der Waals surface area contributed by atoms with Crippen LogP contribution in [0.4, 0.5) is 0 Å². The van der Waals surface area contributed by atoms with E-state index in [-0.39, 0.29) is 17.7 Å². The van der Waals surface area contributed by atoms with E-state index in [0.717, 1.165) is 15.7 Å². The molecule has 3 fully saturated rings. The Morgan fingerprint density at radius 1 is 1.41 bits per heavy atom. The van der Waals surface area contributed by atoms with E-state index in [9.17, 15) is 9.90 Å². The second-order valence-electron chi connectivity index (χ2n) is 6.86. The maximum Gasteiger partial charge on any atom is 0.272 e. The van der Waals surface area contributed by atoms with Crippen LogP contribution in [0.15, 0.2) is 18.2 Å². The van der Waals surface area contributed by atoms with Crippen LogP contribution in [-0.2, 0) is 0 Å². The maximum atomic E-state index is 12.6. The van der Waals surface area contributed by atoms with Crippen LogP contribution in [-0.4, -0.2) is 47.5 Å². The molecule has 1 amide bonds. The van der Waals surface area contributed by atoms with Crippen molar-refractivity contribution in [1.29, 1.82) is 0 Å². The number of hydrogen-bond donors (Lipinski definition) is 1. The molecule has 4 heterocycles. The largest absolute Gasteiger partial charge is 0.872 e. The molecule has 0 saturated carbocycles. The Balaban J connectivity index is 1.58. The molecule has 2 bridgehead atoms. The molecule has 3 aliphatic rings. The number of carbonyl (C=O) groups is 1. The second kappa shape index (κ2) is 4.93. The second-order valence-corrected chi connectivity index (χ2v) is 7.66. The molecule has 0 spiro atoms. The number of amides is 1. The van der Waals surface area contributed by atoms with Gasteiger partial charge in [-0.1, -0.05) is 12.1 Å². The van der Waals surface area contributed by atoms with E-state index < -0.39 is 0 Å². The zero-order valence-electron chi connectivity index (χ0n) is 12.5. The van der Waals surface area contributed by atoms with Gasteiger partial charge >= 0.3 is 0 Å². The van der Waals surface area contributed by atoms with Gasteiger partial charge < -0.3 is 14.9 Å². The summed E-state index contributed by atoms with van der Waals surface area (Å²) in [5.41, 5.74) is 0.400. The number of likely N-dealkylation sites (N-methyl/N-ethyl adjacent to an activating group) is 1. The minimum atomic E-state index is -0.137. The van der Waals surface area contributed by atoms with Crippen molar-refractivity contribution in [3.8, 4) is 5.75 Å². The van der Waals surface area contributed by atoms with Gasteiger partial charge in [-0.25, -0.2) is 0 Å². The smallest absolute Gasteiger partial charge is 0.272 e. The normalized spacial score (nSPS) is 30.6. The molecule has 6 heteroatoms. The fraction of sp³-hybridized carbons (Fsp3) is 0.500. The third kappa shape index (κ3) is 2.27. The van der Waals surface area contributed by atoms with Gasteiger partial charge in [0.25, 0.3) is 5.91 Å². The molecule has 1 aromatic carbocycles. The molecule has 0 radical (unpaired) electrons. The number of rotatable bonds is 2. The fourth-order valence-corrected chi connectivity index (χ4v) is 4.66. The molecular formula is C16H19N3O2S. The standard InChI is InChI=1S/C16H19N3O2S/c1-19-6-4-10(5-7-19)13(9-19)17-16(21)15-12-8-11(20)2-3-14(12)22-18-15/h2-3,8,10,13H,4-7,9H2,1H3,(H-,17,20,21)/t10?,13-,19?/m1/s1. The Kier molecular flexibility index (Phi) is 3.13. The monoisotopic (exact) mass is 317 g/mol. The lowest BCUT2D eigenvalue weighted by Gasteiger charge is -2.50. The van der Waals surface area contributed by atoms with Crippen molar-refractivity contribution < 1.29 is 14.4 Å². The van der Waals surface area contributed by atoms with Crippen molar-refractivity contribution in [2.24, 2.45) is 5.92 Å². The molecule has 116 valence electrons. The first-order chi connectivity index (χ1) is 10.5. The molecule has 3 aliphatic heterocycles. The lowest BCUT2D eigenvalue weighted by Crippen LogP contribution is -2.65. The molecule has 5 nitrogen and oxygen atoms in total. The molecule has 0 unspecified atom stereocenters. The number of benzene rings is 1. The molecule has 5 rings (SSSR count). The topological polar surface area (TPSA) is 65.0 Å². The fourth-order valence-electron chi connectivity index (χ4n) is 3.90. The first-order valence-corrected chi connectivity index (χ1v) is 8.52. The van der Waals surface area contributed by atoms with Gasteiger partial charge in [0.05, 0.1) is 37.4 Å². The van der Waals surface area contributed by atoms with Gasteiger partial charge in [-0.3, -0.25) is 4.79 Å². The van der Waals surface area contributed by atoms with E-state index in [1.165, 1.54) is 49.6 Å². The van der Waals surface area contributed by atoms with E-state index in [1.54, 1.807) is 6.07 Å². The number of nitrogens with one attached hydrogen (secondary N) is 1. The molecular weight excluding hydrogens is 298 g/mol. The summed E-state index contributed by atoms with van der Waals surface area (Å²) in [6, 6.07) is 5.00. The van der Waals surface area contributed by atoms with Crippen LogP contribution >= 0.6 is 11.5 Å². The summed E-state index contributed by atoms with van der Waals surface area (Å²) >= 11 is 1.27. The molecule has 1 atom stereocenters. The summed E-state index contributed by atoms with van der Waals surface area (Å²) in [6.07, 6.45) is 2.37. The molecule has 22 heavy (non-hydrogen) atoms. The molecule has 0 aliphatic carbocycles. The quantitative estimate of drug-likeness (QED) is 0.850. The van der Waals surface area contributed by atoms with Gasteiger partial charge in [0.15, 0.2) is 0 Å². The minimum Gasteiger partial charge on any atom is -0.872 e. The van der Waals surface area contributed by atoms with E-state index in [4.69, 9.17) is 0 Å². The predicted molar refractivity (Wildman–Crippen MR) is 83.8 cm³/mol. The van der Waals surface area contributed by atoms with Gasteiger partial charge in [-0.15, -0.1) is 5.75 Å². The number of carbonyl (C=O) groups excluding carboxylic acids is 1. The van der Waals surface area contributed by atoms with E-state index in [1.807, 2.05) is 0 Å². The van der Waals surface area contributed by atoms with Crippen LogP contribution in [0, 0.1) is 5.92 Å². The van der Waals surface area contributed by atoms with Crippen LogP contribution in [0.5, 0.6) is 5.75 Å². The van der Waals surface area contributed by atoms with E-state index >= 15 is 0 Å². The average Bonchev–Trinajstić information content (AvgIpc) is 2.90. The third-order valence-corrected chi connectivity index (χ3v) is 6.09. The number of nitrogens with zero attached hydrogens (tertiary/aromatic N) is 2. The first-order valence-electron chi connectivity index (χ1n) is 7.75. The summed E-state index contributed by atoms with van der Waals surface area (Å²) in [4.78, 5) is 12.6. The van der Waals surface area contributed by atoms with Crippen molar-refractivity contribution in [2.45, 2.75) is 18.9 Å². The number of hydrogen-bond acceptors (Lipinski definition) is 4. The van der Waals surface area contributed by atoms with E-state index in [2.05, 4.69) is 16.7 Å². The zero-order chi connectivity index (χ0) is 15.3. The summed E-state index contributed by atoms with van der Waals surface area (Å²) in [6.45, 7) is 3.44. The van der Waals surface area contributed by atoms with Crippen molar-refractivity contribution >= 4 is 27.5 Å². The SMILES string of the molecule is C[N+]12CCC(CC1)[C@H](NC(=O)c1nsc3ccc([O-])cc13)C2. The molecule has 1 aromatic heterocycles. The molecule has 3 saturated heterocycles. The van der Waals surface area contributed by atoms with Crippen molar-refractivity contribution in [3.63, 3.8) is 0 Å². The number of piperidine rings is 3. The highest BCUT2D eigenvalue weighted by molar-refractivity contribution is 7.13. The predicted octanol–water partition coefficient (Wildman–Crippen LogP) is 1.34. The average molecular weight is 317 g/mol. The number of quaternary nitrogens is 1. The Morgan fingerprint density at radius 3 is 2.91 bits per heavy atom. The summed E-state index contributed by atoms with van der Waals surface area (Å²) in [5.74, 6) is 0.369. The van der Waals surface area contributed by atoms with Crippen LogP contribution in [0.1, 0.15) is 23.3 Å². The highest BCUT2D eigenvalue weighted by atomic mass is 32.1. The summed E-state index contributed by atoms with van der Waals surface area (Å²) in [7, 11) is 2.27. The number of aromatic nitrogens is 1. The molecule has 1 N–H and O–H groups in total. The molecule has 2 aromatic rings. The highest BCUT2D eigenvalue weighted by Crippen LogP contribution is 2.33. The van der Waals surface area contributed by atoms with Crippen LogP contribution < -0.4 is 10.4 Å². The van der Waals surface area contributed by atoms with Gasteiger partial charge in [-0.05, 0) is 23.5 Å². The first kappa shape index (κ1) is 14.0. The van der Waals surface area contributed by atoms with Crippen LogP contribution in [0.3, 0.4) is 0 Å². The highest BCUT2D eigenvalue weighted by Gasteiger charge is 2.44. The van der Waals surface area contributed by atoms with Crippen molar-refractivity contribution in [3.05, 3.63) is 23.9 Å². The lowest BCUT2D eigenvalue weighted by molar-refractivity contribution is -0.925. The Bertz CT molecular complexity index is 734. The van der Waals surface area contributed by atoms with Gasteiger partial charge in [0.2, 0.25) is 0 Å².